The zero-order chi connectivity index (χ0) is 11.3. The minimum atomic E-state index is -4.07. The van der Waals surface area contributed by atoms with Crippen molar-refractivity contribution < 1.29 is 17.4 Å². The van der Waals surface area contributed by atoms with E-state index in [-0.39, 0.29) is 0 Å². The number of nitrogens with one attached hydrogen (secondary N) is 1. The fraction of sp³-hybridized carbons (Fsp3) is 0.125. The summed E-state index contributed by atoms with van der Waals surface area (Å²) >= 11 is 0. The van der Waals surface area contributed by atoms with Gasteiger partial charge in [0, 0.05) is 5.69 Å². The fourth-order valence-electron chi connectivity index (χ4n) is 0.854. The Hall–Kier alpha value is -1.44. The highest BCUT2D eigenvalue weighted by Crippen LogP contribution is 2.04. The summed E-state index contributed by atoms with van der Waals surface area (Å²) in [5.74, 6) is -0.588. The molecule has 1 aromatic carbocycles. The molecule has 0 aliphatic carbocycles. The SMILES string of the molecule is NS(=O)(=O)OCC(=O)Nc1ccccc1. The summed E-state index contributed by atoms with van der Waals surface area (Å²) in [6.07, 6.45) is 0. The van der Waals surface area contributed by atoms with Gasteiger partial charge in [0.1, 0.15) is 6.61 Å². The molecule has 7 heteroatoms. The van der Waals surface area contributed by atoms with Crippen LogP contribution in [0.1, 0.15) is 0 Å². The lowest BCUT2D eigenvalue weighted by atomic mass is 10.3. The molecule has 0 spiro atoms. The summed E-state index contributed by atoms with van der Waals surface area (Å²) in [5, 5.41) is 6.98. The molecule has 0 fully saturated rings. The maximum Gasteiger partial charge on any atom is 0.333 e. The molecule has 0 radical (unpaired) electrons. The maximum atomic E-state index is 11.1. The minimum absolute atomic E-state index is 0.556. The second-order valence-corrected chi connectivity index (χ2v) is 3.89. The topological polar surface area (TPSA) is 98.5 Å². The zero-order valence-corrected chi connectivity index (χ0v) is 8.53. The molecule has 0 atom stereocenters. The van der Waals surface area contributed by atoms with Crippen LogP contribution >= 0.6 is 0 Å². The van der Waals surface area contributed by atoms with E-state index < -0.39 is 22.8 Å². The van der Waals surface area contributed by atoms with Gasteiger partial charge < -0.3 is 5.32 Å². The molecule has 82 valence electrons. The molecular weight excluding hydrogens is 220 g/mol. The van der Waals surface area contributed by atoms with Gasteiger partial charge in [0.05, 0.1) is 0 Å². The van der Waals surface area contributed by atoms with Gasteiger partial charge in [0.15, 0.2) is 0 Å². The first-order chi connectivity index (χ1) is 6.97. The Kier molecular flexibility index (Phi) is 3.78. The van der Waals surface area contributed by atoms with Gasteiger partial charge in [-0.1, -0.05) is 18.2 Å². The van der Waals surface area contributed by atoms with Crippen LogP contribution in [0.5, 0.6) is 0 Å². The van der Waals surface area contributed by atoms with Crippen LogP contribution in [-0.2, 0) is 19.3 Å². The molecule has 0 unspecified atom stereocenters. The molecule has 15 heavy (non-hydrogen) atoms. The van der Waals surface area contributed by atoms with Gasteiger partial charge in [-0.05, 0) is 12.1 Å². The smallest absolute Gasteiger partial charge is 0.324 e. The van der Waals surface area contributed by atoms with Crippen molar-refractivity contribution in [1.29, 1.82) is 0 Å². The summed E-state index contributed by atoms with van der Waals surface area (Å²) in [5.41, 5.74) is 0.556. The van der Waals surface area contributed by atoms with Gasteiger partial charge in [-0.15, -0.1) is 0 Å². The van der Waals surface area contributed by atoms with Gasteiger partial charge in [-0.2, -0.15) is 8.42 Å². The Balaban J connectivity index is 2.44. The van der Waals surface area contributed by atoms with E-state index in [1.807, 2.05) is 0 Å². The summed E-state index contributed by atoms with van der Waals surface area (Å²) in [6, 6.07) is 8.58. The van der Waals surface area contributed by atoms with Crippen molar-refractivity contribution in [3.05, 3.63) is 30.3 Å². The van der Waals surface area contributed by atoms with Crippen molar-refractivity contribution in [2.24, 2.45) is 5.14 Å². The maximum absolute atomic E-state index is 11.1. The number of hydrogen-bond acceptors (Lipinski definition) is 4. The third kappa shape index (κ3) is 5.11. The Morgan fingerprint density at radius 2 is 1.93 bits per heavy atom. The van der Waals surface area contributed by atoms with Gasteiger partial charge >= 0.3 is 10.3 Å². The molecule has 3 N–H and O–H groups in total. The van der Waals surface area contributed by atoms with Crippen molar-refractivity contribution in [2.75, 3.05) is 11.9 Å². The first-order valence-electron chi connectivity index (χ1n) is 3.99. The summed E-state index contributed by atoms with van der Waals surface area (Å²) in [4.78, 5) is 11.1. The molecule has 0 saturated carbocycles. The first kappa shape index (κ1) is 11.6. The number of benzene rings is 1. The quantitative estimate of drug-likeness (QED) is 0.751. The van der Waals surface area contributed by atoms with Crippen molar-refractivity contribution in [2.45, 2.75) is 0 Å². The van der Waals surface area contributed by atoms with E-state index in [1.165, 1.54) is 0 Å². The van der Waals surface area contributed by atoms with E-state index in [0.717, 1.165) is 0 Å². The minimum Gasteiger partial charge on any atom is -0.324 e. The average molecular weight is 230 g/mol. The molecule has 1 rings (SSSR count). The largest absolute Gasteiger partial charge is 0.333 e. The Labute approximate surface area is 87.3 Å². The molecule has 0 aliphatic rings. The van der Waals surface area contributed by atoms with Gasteiger partial charge in [-0.3, -0.25) is 4.79 Å². The number of rotatable bonds is 4. The number of nitrogens with two attached hydrogens (primary N) is 1. The van der Waals surface area contributed by atoms with E-state index in [4.69, 9.17) is 0 Å². The molecule has 1 amide bonds. The average Bonchev–Trinajstić information content (AvgIpc) is 2.15. The van der Waals surface area contributed by atoms with Crippen LogP contribution in [-0.4, -0.2) is 20.9 Å². The lowest BCUT2D eigenvalue weighted by molar-refractivity contribution is -0.118. The molecule has 0 bridgehead atoms. The Bertz CT molecular complexity index is 429. The van der Waals surface area contributed by atoms with Crippen molar-refractivity contribution in [3.8, 4) is 0 Å². The molecule has 0 aliphatic heterocycles. The predicted molar refractivity (Wildman–Crippen MR) is 54.1 cm³/mol. The molecule has 0 aromatic heterocycles. The van der Waals surface area contributed by atoms with E-state index in [1.54, 1.807) is 30.3 Å². The predicted octanol–water partition coefficient (Wildman–Crippen LogP) is -0.155. The number of anilines is 1. The van der Waals surface area contributed by atoms with Gasteiger partial charge in [0.25, 0.3) is 5.91 Å². The number of carbonyl (C=O) groups is 1. The fourth-order valence-corrected chi connectivity index (χ4v) is 1.13. The molecular formula is C8H10N2O4S. The Morgan fingerprint density at radius 1 is 1.33 bits per heavy atom. The van der Waals surface area contributed by atoms with Crippen LogP contribution in [0.2, 0.25) is 0 Å². The highest BCUT2D eigenvalue weighted by Gasteiger charge is 2.07. The molecule has 1 aromatic rings. The number of para-hydroxylation sites is 1. The second-order valence-electron chi connectivity index (χ2n) is 2.67. The molecule has 0 heterocycles. The third-order valence-corrected chi connectivity index (χ3v) is 1.86. The van der Waals surface area contributed by atoms with Crippen molar-refractivity contribution in [1.82, 2.24) is 0 Å². The van der Waals surface area contributed by atoms with E-state index >= 15 is 0 Å². The highest BCUT2D eigenvalue weighted by molar-refractivity contribution is 7.84. The van der Waals surface area contributed by atoms with E-state index in [9.17, 15) is 13.2 Å². The van der Waals surface area contributed by atoms with Crippen LogP contribution in [0.4, 0.5) is 5.69 Å². The lowest BCUT2D eigenvalue weighted by Crippen LogP contribution is -2.24. The standard InChI is InChI=1S/C8H10N2O4S/c9-15(12,13)14-6-8(11)10-7-4-2-1-3-5-7/h1-5H,6H2,(H,10,11)(H2,9,12,13). The Morgan fingerprint density at radius 3 is 2.47 bits per heavy atom. The van der Waals surface area contributed by atoms with Crippen molar-refractivity contribution in [3.63, 3.8) is 0 Å². The monoisotopic (exact) mass is 230 g/mol. The number of hydrogen-bond donors (Lipinski definition) is 2. The zero-order valence-electron chi connectivity index (χ0n) is 7.71. The van der Waals surface area contributed by atoms with Crippen LogP contribution in [0.25, 0.3) is 0 Å². The summed E-state index contributed by atoms with van der Waals surface area (Å²) in [7, 11) is -4.07. The third-order valence-electron chi connectivity index (χ3n) is 1.41. The van der Waals surface area contributed by atoms with E-state index in [2.05, 4.69) is 14.6 Å². The summed E-state index contributed by atoms with van der Waals surface area (Å²) in [6.45, 7) is -0.631. The van der Waals surface area contributed by atoms with Crippen LogP contribution in [0, 0.1) is 0 Å². The number of amides is 1. The van der Waals surface area contributed by atoms with E-state index in [0.29, 0.717) is 5.69 Å². The molecule has 6 nitrogen and oxygen atoms in total. The van der Waals surface area contributed by atoms with Crippen LogP contribution in [0.3, 0.4) is 0 Å². The van der Waals surface area contributed by atoms with Gasteiger partial charge in [0.2, 0.25) is 0 Å². The highest BCUT2D eigenvalue weighted by atomic mass is 32.2. The van der Waals surface area contributed by atoms with Crippen LogP contribution < -0.4 is 10.5 Å². The normalized spacial score (nSPS) is 11.0. The molecule has 0 saturated heterocycles. The van der Waals surface area contributed by atoms with Gasteiger partial charge in [-0.25, -0.2) is 9.32 Å². The van der Waals surface area contributed by atoms with Crippen molar-refractivity contribution >= 4 is 21.9 Å². The first-order valence-corrected chi connectivity index (χ1v) is 5.46. The lowest BCUT2D eigenvalue weighted by Gasteiger charge is -2.03. The summed E-state index contributed by atoms with van der Waals surface area (Å²) < 4.78 is 24.8. The number of carbonyl (C=O) groups excluding carboxylic acids is 1. The second kappa shape index (κ2) is 4.87. The van der Waals surface area contributed by atoms with Crippen LogP contribution in [0.15, 0.2) is 30.3 Å².